The number of rotatable bonds is 4. The molecule has 1 saturated carbocycles. The molecule has 18 heavy (non-hydrogen) atoms. The van der Waals surface area contributed by atoms with Gasteiger partial charge in [-0.25, -0.2) is 10.2 Å². The fourth-order valence-corrected chi connectivity index (χ4v) is 1.35. The molecule has 0 atom stereocenters. The molecule has 0 bridgehead atoms. The van der Waals surface area contributed by atoms with Crippen LogP contribution in [0.15, 0.2) is 29.4 Å². The molecule has 1 aromatic rings. The van der Waals surface area contributed by atoms with E-state index in [2.05, 4.69) is 10.5 Å². The topological polar surface area (TPSA) is 93.8 Å². The van der Waals surface area contributed by atoms with E-state index in [9.17, 15) is 9.59 Å². The number of nitrogens with one attached hydrogen (secondary N) is 1. The summed E-state index contributed by atoms with van der Waals surface area (Å²) in [6, 6.07) is 6.12. The molecule has 3 N–H and O–H groups in total. The Bertz CT molecular complexity index is 495. The van der Waals surface area contributed by atoms with Crippen molar-refractivity contribution >= 4 is 18.2 Å². The van der Waals surface area contributed by atoms with E-state index in [-0.39, 0.29) is 11.9 Å². The van der Waals surface area contributed by atoms with Crippen LogP contribution in [0.25, 0.3) is 0 Å². The number of carbonyl (C=O) groups is 2. The smallest absolute Gasteiger partial charge is 0.332 e. The lowest BCUT2D eigenvalue weighted by atomic mass is 10.2. The maximum Gasteiger partial charge on any atom is 0.332 e. The summed E-state index contributed by atoms with van der Waals surface area (Å²) in [5.41, 5.74) is 7.64. The third kappa shape index (κ3) is 3.58. The number of carbonyl (C=O) groups excluding carboxylic acids is 2. The van der Waals surface area contributed by atoms with E-state index in [1.807, 2.05) is 0 Å². The van der Waals surface area contributed by atoms with Crippen LogP contribution >= 0.6 is 0 Å². The lowest BCUT2D eigenvalue weighted by Gasteiger charge is -2.03. The Morgan fingerprint density at radius 3 is 2.89 bits per heavy atom. The van der Waals surface area contributed by atoms with Crippen LogP contribution in [0.2, 0.25) is 0 Å². The lowest BCUT2D eigenvalue weighted by molar-refractivity contribution is -0.135. The molecule has 6 nitrogen and oxygen atoms in total. The van der Waals surface area contributed by atoms with Gasteiger partial charge in [0.15, 0.2) is 0 Å². The summed E-state index contributed by atoms with van der Waals surface area (Å²) in [6.45, 7) is 0. The molecule has 0 aliphatic heterocycles. The number of benzene rings is 1. The summed E-state index contributed by atoms with van der Waals surface area (Å²) < 4.78 is 5.19. The van der Waals surface area contributed by atoms with E-state index in [1.165, 1.54) is 6.21 Å². The van der Waals surface area contributed by atoms with Crippen molar-refractivity contribution in [2.24, 2.45) is 16.8 Å². The lowest BCUT2D eigenvalue weighted by Crippen LogP contribution is -2.24. The second-order valence-electron chi connectivity index (χ2n) is 4.00. The van der Waals surface area contributed by atoms with Crippen LogP contribution in [0.4, 0.5) is 4.79 Å². The second kappa shape index (κ2) is 5.31. The minimum Gasteiger partial charge on any atom is -0.426 e. The first-order valence-corrected chi connectivity index (χ1v) is 5.55. The number of ether oxygens (including phenoxy) is 1. The van der Waals surface area contributed by atoms with Gasteiger partial charge in [0.05, 0.1) is 12.1 Å². The van der Waals surface area contributed by atoms with E-state index in [0.29, 0.717) is 11.3 Å². The highest BCUT2D eigenvalue weighted by Crippen LogP contribution is 2.30. The number of esters is 1. The van der Waals surface area contributed by atoms with Crippen LogP contribution < -0.4 is 15.9 Å². The molecule has 0 spiro atoms. The maximum absolute atomic E-state index is 11.5. The number of nitrogens with two attached hydrogens (primary N) is 1. The summed E-state index contributed by atoms with van der Waals surface area (Å²) in [4.78, 5) is 21.9. The summed E-state index contributed by atoms with van der Waals surface area (Å²) in [5, 5.41) is 3.62. The van der Waals surface area contributed by atoms with Crippen molar-refractivity contribution in [2.45, 2.75) is 12.8 Å². The van der Waals surface area contributed by atoms with Crippen LogP contribution in [-0.4, -0.2) is 18.2 Å². The molecule has 0 heterocycles. The summed E-state index contributed by atoms with van der Waals surface area (Å²) >= 11 is 0. The van der Waals surface area contributed by atoms with Crippen LogP contribution in [0.1, 0.15) is 18.4 Å². The average Bonchev–Trinajstić information content (AvgIpc) is 3.12. The predicted octanol–water partition coefficient (Wildman–Crippen LogP) is 1.00. The molecular weight excluding hydrogens is 234 g/mol. The highest BCUT2D eigenvalue weighted by Gasteiger charge is 2.31. The van der Waals surface area contributed by atoms with Crippen molar-refractivity contribution in [1.82, 2.24) is 5.43 Å². The molecule has 2 rings (SSSR count). The molecule has 2 amide bonds. The fourth-order valence-electron chi connectivity index (χ4n) is 1.35. The van der Waals surface area contributed by atoms with Crippen LogP contribution in [-0.2, 0) is 4.79 Å². The van der Waals surface area contributed by atoms with Gasteiger partial charge in [-0.2, -0.15) is 5.10 Å². The number of nitrogens with zero attached hydrogens (tertiary/aromatic N) is 1. The molecule has 0 radical (unpaired) electrons. The van der Waals surface area contributed by atoms with Gasteiger partial charge in [-0.15, -0.1) is 0 Å². The molecule has 0 unspecified atom stereocenters. The standard InChI is InChI=1S/C12H13N3O3/c13-12(17)15-14-7-8-2-1-3-10(6-8)18-11(16)9-4-5-9/h1-3,6-7,9H,4-5H2,(H3,13,15,17). The van der Waals surface area contributed by atoms with Crippen LogP contribution in [0, 0.1) is 5.92 Å². The van der Waals surface area contributed by atoms with E-state index in [4.69, 9.17) is 10.5 Å². The van der Waals surface area contributed by atoms with Crippen molar-refractivity contribution in [3.63, 3.8) is 0 Å². The van der Waals surface area contributed by atoms with E-state index in [0.717, 1.165) is 12.8 Å². The van der Waals surface area contributed by atoms with Gasteiger partial charge in [-0.1, -0.05) is 12.1 Å². The Hall–Kier alpha value is -2.37. The minimum atomic E-state index is -0.734. The van der Waals surface area contributed by atoms with Gasteiger partial charge in [-0.05, 0) is 30.5 Å². The first kappa shape index (κ1) is 12.1. The molecule has 0 saturated heterocycles. The molecule has 1 aliphatic rings. The predicted molar refractivity (Wildman–Crippen MR) is 65.1 cm³/mol. The number of hydrogen-bond donors (Lipinski definition) is 2. The van der Waals surface area contributed by atoms with E-state index in [1.54, 1.807) is 24.3 Å². The third-order valence-electron chi connectivity index (χ3n) is 2.38. The molecule has 1 aromatic carbocycles. The molecular formula is C12H13N3O3. The van der Waals surface area contributed by atoms with Gasteiger partial charge in [0.2, 0.25) is 0 Å². The Morgan fingerprint density at radius 2 is 2.22 bits per heavy atom. The van der Waals surface area contributed by atoms with Crippen molar-refractivity contribution < 1.29 is 14.3 Å². The van der Waals surface area contributed by atoms with Crippen molar-refractivity contribution in [1.29, 1.82) is 0 Å². The van der Waals surface area contributed by atoms with Gasteiger partial charge in [0, 0.05) is 0 Å². The van der Waals surface area contributed by atoms with Crippen molar-refractivity contribution in [3.8, 4) is 5.75 Å². The average molecular weight is 247 g/mol. The number of hydrogen-bond acceptors (Lipinski definition) is 4. The maximum atomic E-state index is 11.5. The Labute approximate surface area is 104 Å². The normalized spacial score (nSPS) is 14.4. The quantitative estimate of drug-likeness (QED) is 0.360. The molecule has 1 fully saturated rings. The molecule has 94 valence electrons. The van der Waals surface area contributed by atoms with Gasteiger partial charge in [0.25, 0.3) is 0 Å². The Kier molecular flexibility index (Phi) is 3.57. The number of amides is 2. The zero-order valence-electron chi connectivity index (χ0n) is 9.63. The number of primary amides is 1. The minimum absolute atomic E-state index is 0.0545. The van der Waals surface area contributed by atoms with Gasteiger partial charge in [-0.3, -0.25) is 4.79 Å². The fraction of sp³-hybridized carbons (Fsp3) is 0.250. The van der Waals surface area contributed by atoms with Crippen molar-refractivity contribution in [2.75, 3.05) is 0 Å². The first-order valence-electron chi connectivity index (χ1n) is 5.55. The van der Waals surface area contributed by atoms with Gasteiger partial charge >= 0.3 is 12.0 Å². The van der Waals surface area contributed by atoms with Crippen LogP contribution in [0.5, 0.6) is 5.75 Å². The first-order chi connectivity index (χ1) is 8.65. The molecule has 1 aliphatic carbocycles. The molecule has 6 heteroatoms. The monoisotopic (exact) mass is 247 g/mol. The SMILES string of the molecule is NC(=O)NN=Cc1cccc(OC(=O)C2CC2)c1. The summed E-state index contributed by atoms with van der Waals surface area (Å²) in [6.07, 6.45) is 3.23. The van der Waals surface area contributed by atoms with E-state index < -0.39 is 6.03 Å². The molecule has 0 aromatic heterocycles. The van der Waals surface area contributed by atoms with E-state index >= 15 is 0 Å². The second-order valence-corrected chi connectivity index (χ2v) is 4.00. The van der Waals surface area contributed by atoms with Gasteiger partial charge in [0.1, 0.15) is 5.75 Å². The zero-order valence-corrected chi connectivity index (χ0v) is 9.63. The summed E-state index contributed by atoms with van der Waals surface area (Å²) in [5.74, 6) is 0.327. The number of hydrazone groups is 1. The third-order valence-corrected chi connectivity index (χ3v) is 2.38. The highest BCUT2D eigenvalue weighted by atomic mass is 16.5. The Morgan fingerprint density at radius 1 is 1.44 bits per heavy atom. The highest BCUT2D eigenvalue weighted by molar-refractivity contribution is 5.83. The zero-order chi connectivity index (χ0) is 13.0. The largest absolute Gasteiger partial charge is 0.426 e. The van der Waals surface area contributed by atoms with Crippen molar-refractivity contribution in [3.05, 3.63) is 29.8 Å². The summed E-state index contributed by atoms with van der Waals surface area (Å²) in [7, 11) is 0. The number of urea groups is 1. The van der Waals surface area contributed by atoms with Crippen LogP contribution in [0.3, 0.4) is 0 Å². The Balaban J connectivity index is 1.97. The van der Waals surface area contributed by atoms with Gasteiger partial charge < -0.3 is 10.5 Å².